The molecule has 1 nitrogen and oxygen atoms in total. The summed E-state index contributed by atoms with van der Waals surface area (Å²) in [6.07, 6.45) is 8.86. The Hall–Kier alpha value is -0.850. The average Bonchev–Trinajstić information content (AvgIpc) is 2.07. The van der Waals surface area contributed by atoms with Crippen molar-refractivity contribution in [1.82, 2.24) is 0 Å². The van der Waals surface area contributed by atoms with Gasteiger partial charge in [-0.05, 0) is 25.8 Å². The van der Waals surface area contributed by atoms with Crippen LogP contribution in [-0.4, -0.2) is 11.3 Å². The first-order valence-electron chi connectivity index (χ1n) is 5.71. The minimum Gasteiger partial charge on any atom is -0.279 e. The van der Waals surface area contributed by atoms with Crippen LogP contribution in [0.2, 0.25) is 0 Å². The third kappa shape index (κ3) is 3.65. The number of nitrogens with zero attached hydrogens (tertiary/aromatic N) is 1. The molecule has 0 aromatic heterocycles. The van der Waals surface area contributed by atoms with E-state index in [4.69, 9.17) is 4.99 Å². The SMILES string of the molecule is CC(C)C1=NC(C)(C)/C=C\C(C)(C)/C=C\1. The number of rotatable bonds is 1. The second kappa shape index (κ2) is 3.96. The molecule has 0 saturated carbocycles. The number of aliphatic imine (C=N–C) groups is 1. The lowest BCUT2D eigenvalue weighted by atomic mass is 9.87. The minimum atomic E-state index is -0.0817. The van der Waals surface area contributed by atoms with E-state index in [1.165, 1.54) is 5.71 Å². The summed E-state index contributed by atoms with van der Waals surface area (Å²) >= 11 is 0. The van der Waals surface area contributed by atoms with Crippen LogP contribution in [0.3, 0.4) is 0 Å². The molecule has 0 aliphatic carbocycles. The summed E-state index contributed by atoms with van der Waals surface area (Å²) in [5.41, 5.74) is 1.24. The second-order valence-corrected chi connectivity index (χ2v) is 5.83. The molecule has 0 saturated heterocycles. The van der Waals surface area contributed by atoms with Crippen LogP contribution >= 0.6 is 0 Å². The molecule has 0 radical (unpaired) electrons. The van der Waals surface area contributed by atoms with E-state index >= 15 is 0 Å². The Morgan fingerprint density at radius 2 is 1.60 bits per heavy atom. The van der Waals surface area contributed by atoms with Crippen molar-refractivity contribution in [2.24, 2.45) is 16.3 Å². The molecule has 0 atom stereocenters. The second-order valence-electron chi connectivity index (χ2n) is 5.83. The first kappa shape index (κ1) is 12.2. The summed E-state index contributed by atoms with van der Waals surface area (Å²) in [6.45, 7) is 13.1. The van der Waals surface area contributed by atoms with Gasteiger partial charge in [0.1, 0.15) is 0 Å². The zero-order valence-electron chi connectivity index (χ0n) is 10.8. The first-order valence-corrected chi connectivity index (χ1v) is 5.71. The predicted octanol–water partition coefficient (Wildman–Crippen LogP) is 4.01. The third-order valence-electron chi connectivity index (χ3n) is 2.61. The highest BCUT2D eigenvalue weighted by atomic mass is 14.8. The van der Waals surface area contributed by atoms with Crippen LogP contribution in [0.25, 0.3) is 0 Å². The fraction of sp³-hybridized carbons (Fsp3) is 0.643. The monoisotopic (exact) mass is 205 g/mol. The van der Waals surface area contributed by atoms with Crippen molar-refractivity contribution in [3.05, 3.63) is 24.3 Å². The molecule has 0 amide bonds. The maximum atomic E-state index is 4.78. The lowest BCUT2D eigenvalue weighted by Crippen LogP contribution is -2.21. The Morgan fingerprint density at radius 3 is 2.13 bits per heavy atom. The van der Waals surface area contributed by atoms with E-state index in [0.29, 0.717) is 5.92 Å². The van der Waals surface area contributed by atoms with Crippen LogP contribution in [0.15, 0.2) is 29.3 Å². The summed E-state index contributed by atoms with van der Waals surface area (Å²) in [5.74, 6) is 0.489. The third-order valence-corrected chi connectivity index (χ3v) is 2.61. The Bertz CT molecular complexity index is 314. The van der Waals surface area contributed by atoms with Gasteiger partial charge in [-0.15, -0.1) is 0 Å². The number of hydrogen-bond acceptors (Lipinski definition) is 1. The zero-order chi connectivity index (χ0) is 11.7. The summed E-state index contributed by atoms with van der Waals surface area (Å²) in [7, 11) is 0. The van der Waals surface area contributed by atoms with Crippen molar-refractivity contribution in [3.63, 3.8) is 0 Å². The molecule has 1 aliphatic rings. The van der Waals surface area contributed by atoms with Crippen molar-refractivity contribution in [3.8, 4) is 0 Å². The average molecular weight is 205 g/mol. The van der Waals surface area contributed by atoms with E-state index in [1.807, 2.05) is 0 Å². The zero-order valence-corrected chi connectivity index (χ0v) is 10.8. The van der Waals surface area contributed by atoms with Gasteiger partial charge >= 0.3 is 0 Å². The molecule has 0 fully saturated rings. The molecule has 0 aromatic carbocycles. The van der Waals surface area contributed by atoms with Crippen molar-refractivity contribution < 1.29 is 0 Å². The smallest absolute Gasteiger partial charge is 0.0735 e. The largest absolute Gasteiger partial charge is 0.279 e. The van der Waals surface area contributed by atoms with E-state index in [2.05, 4.69) is 65.8 Å². The van der Waals surface area contributed by atoms with E-state index in [1.54, 1.807) is 0 Å². The highest BCUT2D eigenvalue weighted by Crippen LogP contribution is 2.25. The highest BCUT2D eigenvalue weighted by Gasteiger charge is 2.19. The normalized spacial score (nSPS) is 27.8. The van der Waals surface area contributed by atoms with Crippen LogP contribution in [-0.2, 0) is 0 Å². The molecular formula is C14H23N. The molecule has 84 valence electrons. The quantitative estimate of drug-likeness (QED) is 0.573. The van der Waals surface area contributed by atoms with E-state index in [0.717, 1.165) is 0 Å². The molecule has 0 N–H and O–H groups in total. The summed E-state index contributed by atoms with van der Waals surface area (Å²) in [5, 5.41) is 0. The van der Waals surface area contributed by atoms with Gasteiger partial charge in [0, 0.05) is 11.1 Å². The van der Waals surface area contributed by atoms with Gasteiger partial charge in [-0.3, -0.25) is 4.99 Å². The molecule has 1 rings (SSSR count). The molecule has 15 heavy (non-hydrogen) atoms. The summed E-state index contributed by atoms with van der Waals surface area (Å²) in [4.78, 5) is 4.78. The van der Waals surface area contributed by atoms with Crippen molar-refractivity contribution in [2.75, 3.05) is 0 Å². The fourth-order valence-electron chi connectivity index (χ4n) is 1.50. The molecular weight excluding hydrogens is 182 g/mol. The van der Waals surface area contributed by atoms with Crippen LogP contribution in [0.1, 0.15) is 41.5 Å². The highest BCUT2D eigenvalue weighted by molar-refractivity contribution is 5.97. The van der Waals surface area contributed by atoms with Crippen molar-refractivity contribution in [1.29, 1.82) is 0 Å². The minimum absolute atomic E-state index is 0.0817. The van der Waals surface area contributed by atoms with Crippen LogP contribution in [0.4, 0.5) is 0 Å². The lowest BCUT2D eigenvalue weighted by molar-refractivity contribution is 0.588. The van der Waals surface area contributed by atoms with Gasteiger partial charge in [-0.25, -0.2) is 0 Å². The van der Waals surface area contributed by atoms with Gasteiger partial charge in [-0.2, -0.15) is 0 Å². The lowest BCUT2D eigenvalue weighted by Gasteiger charge is -2.24. The Labute approximate surface area is 94.0 Å². The van der Waals surface area contributed by atoms with Gasteiger partial charge < -0.3 is 0 Å². The van der Waals surface area contributed by atoms with Crippen LogP contribution in [0.5, 0.6) is 0 Å². The van der Waals surface area contributed by atoms with Crippen LogP contribution < -0.4 is 0 Å². The van der Waals surface area contributed by atoms with E-state index < -0.39 is 0 Å². The fourth-order valence-corrected chi connectivity index (χ4v) is 1.50. The molecule has 0 aromatic rings. The number of hydrogen-bond donors (Lipinski definition) is 0. The van der Waals surface area contributed by atoms with Gasteiger partial charge in [0.15, 0.2) is 0 Å². The maximum Gasteiger partial charge on any atom is 0.0735 e. The van der Waals surface area contributed by atoms with E-state index in [-0.39, 0.29) is 11.0 Å². The first-order chi connectivity index (χ1) is 6.72. The Morgan fingerprint density at radius 1 is 1.00 bits per heavy atom. The number of allylic oxidation sites excluding steroid dienone is 3. The van der Waals surface area contributed by atoms with Gasteiger partial charge in [-0.1, -0.05) is 45.9 Å². The van der Waals surface area contributed by atoms with Crippen LogP contribution in [0, 0.1) is 11.3 Å². The molecule has 0 unspecified atom stereocenters. The topological polar surface area (TPSA) is 12.4 Å². The van der Waals surface area contributed by atoms with E-state index in [9.17, 15) is 0 Å². The molecule has 0 bridgehead atoms. The van der Waals surface area contributed by atoms with Crippen molar-refractivity contribution in [2.45, 2.75) is 47.1 Å². The summed E-state index contributed by atoms with van der Waals surface area (Å²) < 4.78 is 0. The standard InChI is InChI=1S/C14H23N/c1-11(2)12-7-8-13(3,4)9-10-14(5,6)15-12/h7-11H,1-6H3/b8-7-,10-9-,15-12?. The van der Waals surface area contributed by atoms with Gasteiger partial charge in [0.05, 0.1) is 5.54 Å². The molecule has 1 aliphatic heterocycles. The van der Waals surface area contributed by atoms with Gasteiger partial charge in [0.2, 0.25) is 0 Å². The Kier molecular flexibility index (Phi) is 3.22. The Balaban J connectivity index is 3.16. The summed E-state index contributed by atoms with van der Waals surface area (Å²) in [6, 6.07) is 0. The molecule has 1 heteroatoms. The maximum absolute atomic E-state index is 4.78. The molecule has 1 heterocycles. The molecule has 0 spiro atoms. The van der Waals surface area contributed by atoms with Crippen molar-refractivity contribution >= 4 is 5.71 Å². The predicted molar refractivity (Wildman–Crippen MR) is 68.4 cm³/mol. The van der Waals surface area contributed by atoms with Gasteiger partial charge in [0.25, 0.3) is 0 Å².